The van der Waals surface area contributed by atoms with E-state index in [0.29, 0.717) is 144 Å². The van der Waals surface area contributed by atoms with Crippen LogP contribution in [0.4, 0.5) is 5.69 Å². The zero-order valence-electron chi connectivity index (χ0n) is 33.4. The summed E-state index contributed by atoms with van der Waals surface area (Å²) in [6.45, 7) is 13.7. The summed E-state index contributed by atoms with van der Waals surface area (Å²) in [4.78, 5) is 0. The summed E-state index contributed by atoms with van der Waals surface area (Å²) < 4.78 is 60.9. The van der Waals surface area contributed by atoms with Crippen molar-refractivity contribution in [2.75, 3.05) is 144 Å². The fourth-order valence-corrected chi connectivity index (χ4v) is 5.13. The van der Waals surface area contributed by atoms with Crippen LogP contribution in [-0.4, -0.2) is 139 Å². The number of nitrogens with two attached hydrogens (primary N) is 1. The third-order valence-corrected chi connectivity index (χ3v) is 8.14. The predicted octanol–water partition coefficient (Wildman–Crippen LogP) is 6.90. The van der Waals surface area contributed by atoms with E-state index >= 15 is 0 Å². The van der Waals surface area contributed by atoms with Crippen LogP contribution in [0.5, 0.6) is 5.75 Å². The molecule has 0 bridgehead atoms. The number of nitrogen functional groups attached to an aromatic ring is 1. The highest BCUT2D eigenvalue weighted by atomic mass is 16.6. The Hall–Kier alpha value is -1.58. The Kier molecular flexibility index (Phi) is 40.3. The number of para-hydroxylation sites is 2. The lowest BCUT2D eigenvalue weighted by atomic mass is 10.0. The van der Waals surface area contributed by atoms with Gasteiger partial charge in [-0.05, 0) is 18.6 Å². The van der Waals surface area contributed by atoms with Gasteiger partial charge >= 0.3 is 0 Å². The molecule has 0 aromatic heterocycles. The average Bonchev–Trinajstić information content (AvgIpc) is 3.17. The van der Waals surface area contributed by atoms with Crippen LogP contribution < -0.4 is 10.5 Å². The lowest BCUT2D eigenvalue weighted by Gasteiger charge is -2.09. The zero-order chi connectivity index (χ0) is 37.8. The first kappa shape index (κ1) is 49.4. The number of ether oxygens (including phenoxy) is 11. The van der Waals surface area contributed by atoms with Crippen LogP contribution >= 0.6 is 0 Å². The monoisotopic (exact) mass is 760 g/mol. The fraction of sp³-hybridized carbons (Fsp3) is 0.854. The molecular weight excluding hydrogens is 682 g/mol. The highest BCUT2D eigenvalue weighted by Gasteiger charge is 2.00. The molecule has 0 spiro atoms. The van der Waals surface area contributed by atoms with Crippen molar-refractivity contribution in [2.45, 2.75) is 90.4 Å². The quantitative estimate of drug-likeness (QED) is 0.0549. The first-order valence-electron chi connectivity index (χ1n) is 20.6. The van der Waals surface area contributed by atoms with Gasteiger partial charge in [-0.25, -0.2) is 0 Å². The van der Waals surface area contributed by atoms with Gasteiger partial charge in [-0.15, -0.1) is 0 Å². The number of hydrogen-bond acceptors (Lipinski definition) is 12. The molecule has 0 radical (unpaired) electrons. The topological polar surface area (TPSA) is 128 Å². The Morgan fingerprint density at radius 1 is 0.321 bits per heavy atom. The Labute approximate surface area is 322 Å². The van der Waals surface area contributed by atoms with E-state index in [1.165, 1.54) is 77.0 Å². The van der Waals surface area contributed by atoms with Gasteiger partial charge in [0.2, 0.25) is 0 Å². The number of unbranched alkanes of at least 4 members (excludes halogenated alkanes) is 12. The second kappa shape index (κ2) is 43.2. The molecule has 0 fully saturated rings. The minimum Gasteiger partial charge on any atom is -0.489 e. The van der Waals surface area contributed by atoms with Crippen molar-refractivity contribution in [1.82, 2.24) is 0 Å². The van der Waals surface area contributed by atoms with Crippen molar-refractivity contribution >= 4 is 5.69 Å². The van der Waals surface area contributed by atoms with Crippen LogP contribution in [0.1, 0.15) is 90.4 Å². The molecule has 0 aliphatic carbocycles. The van der Waals surface area contributed by atoms with Gasteiger partial charge < -0.3 is 57.8 Å². The third kappa shape index (κ3) is 38.5. The molecule has 0 heterocycles. The molecule has 1 rings (SSSR count). The fourth-order valence-electron chi connectivity index (χ4n) is 5.13. The lowest BCUT2D eigenvalue weighted by Crippen LogP contribution is -2.15. The third-order valence-electron chi connectivity index (χ3n) is 8.14. The van der Waals surface area contributed by atoms with Gasteiger partial charge in [-0.3, -0.25) is 0 Å². The molecule has 0 atom stereocenters. The van der Waals surface area contributed by atoms with Gasteiger partial charge in [0.15, 0.2) is 0 Å². The Morgan fingerprint density at radius 2 is 0.585 bits per heavy atom. The minimum atomic E-state index is 0.441. The summed E-state index contributed by atoms with van der Waals surface area (Å²) in [7, 11) is 0. The molecule has 12 nitrogen and oxygen atoms in total. The summed E-state index contributed by atoms with van der Waals surface area (Å²) in [5, 5.41) is 0. The van der Waals surface area contributed by atoms with Crippen molar-refractivity contribution in [1.29, 1.82) is 0 Å². The first-order chi connectivity index (χ1) is 26.3. The molecule has 12 heteroatoms. The van der Waals surface area contributed by atoms with Gasteiger partial charge in [0.25, 0.3) is 0 Å². The van der Waals surface area contributed by atoms with Crippen LogP contribution in [0.15, 0.2) is 24.3 Å². The van der Waals surface area contributed by atoms with Crippen molar-refractivity contribution < 1.29 is 52.1 Å². The maximum absolute atomic E-state index is 5.83. The van der Waals surface area contributed by atoms with Crippen molar-refractivity contribution in [2.24, 2.45) is 0 Å². The summed E-state index contributed by atoms with van der Waals surface area (Å²) >= 11 is 0. The predicted molar refractivity (Wildman–Crippen MR) is 210 cm³/mol. The first-order valence-corrected chi connectivity index (χ1v) is 20.6. The molecule has 0 aliphatic rings. The molecule has 0 saturated heterocycles. The molecule has 0 unspecified atom stereocenters. The van der Waals surface area contributed by atoms with Gasteiger partial charge in [0.1, 0.15) is 12.4 Å². The van der Waals surface area contributed by atoms with Crippen LogP contribution in [0.3, 0.4) is 0 Å². The lowest BCUT2D eigenvalue weighted by molar-refractivity contribution is -0.0267. The highest BCUT2D eigenvalue weighted by Crippen LogP contribution is 2.19. The number of rotatable bonds is 45. The zero-order valence-corrected chi connectivity index (χ0v) is 33.4. The van der Waals surface area contributed by atoms with E-state index in [1.807, 2.05) is 18.2 Å². The number of hydrogen-bond donors (Lipinski definition) is 1. The molecule has 1 aromatic rings. The Morgan fingerprint density at radius 3 is 0.906 bits per heavy atom. The van der Waals surface area contributed by atoms with Crippen molar-refractivity contribution in [3.63, 3.8) is 0 Å². The normalized spacial score (nSPS) is 11.5. The maximum atomic E-state index is 5.83. The van der Waals surface area contributed by atoms with E-state index < -0.39 is 0 Å². The Balaban J connectivity index is 1.61. The van der Waals surface area contributed by atoms with E-state index in [9.17, 15) is 0 Å². The van der Waals surface area contributed by atoms with Gasteiger partial charge in [-0.2, -0.15) is 0 Å². The smallest absolute Gasteiger partial charge is 0.142 e. The van der Waals surface area contributed by atoms with Crippen LogP contribution in [0, 0.1) is 0 Å². The Bertz CT molecular complexity index is 839. The standard InChI is InChI=1S/C41H77NO11/c1-2-3-4-5-6-7-8-9-10-11-12-13-16-19-43-20-21-44-22-23-45-24-25-46-26-27-47-28-29-48-30-31-49-32-33-50-34-35-51-36-37-52-38-39-53-41-18-15-14-17-40(41)42/h14-15,17-18H,2-13,16,19-39,42H2,1H3. The summed E-state index contributed by atoms with van der Waals surface area (Å²) in [6, 6.07) is 7.40. The summed E-state index contributed by atoms with van der Waals surface area (Å²) in [6.07, 6.45) is 17.8. The summed E-state index contributed by atoms with van der Waals surface area (Å²) in [5.74, 6) is 0.672. The minimum absolute atomic E-state index is 0.441. The van der Waals surface area contributed by atoms with Gasteiger partial charge in [0, 0.05) is 6.61 Å². The average molecular weight is 760 g/mol. The number of benzene rings is 1. The molecule has 0 aliphatic heterocycles. The summed E-state index contributed by atoms with van der Waals surface area (Å²) in [5.41, 5.74) is 6.45. The molecule has 1 aromatic carbocycles. The van der Waals surface area contributed by atoms with E-state index in [4.69, 9.17) is 57.8 Å². The molecule has 0 saturated carbocycles. The van der Waals surface area contributed by atoms with Crippen LogP contribution in [0.2, 0.25) is 0 Å². The molecular formula is C41H77NO11. The van der Waals surface area contributed by atoms with Crippen LogP contribution in [0.25, 0.3) is 0 Å². The second-order valence-corrected chi connectivity index (χ2v) is 12.8. The SMILES string of the molecule is CCCCCCCCCCCCCCCOCCOCCOCCOCCOCCOCCOCCOCCOCCOCCOc1ccccc1N. The van der Waals surface area contributed by atoms with E-state index in [2.05, 4.69) is 6.92 Å². The maximum Gasteiger partial charge on any atom is 0.142 e. The van der Waals surface area contributed by atoms with E-state index in [-0.39, 0.29) is 0 Å². The van der Waals surface area contributed by atoms with Crippen molar-refractivity contribution in [3.05, 3.63) is 24.3 Å². The highest BCUT2D eigenvalue weighted by molar-refractivity contribution is 5.51. The van der Waals surface area contributed by atoms with Crippen molar-refractivity contribution in [3.8, 4) is 5.75 Å². The van der Waals surface area contributed by atoms with Gasteiger partial charge in [-0.1, -0.05) is 96.1 Å². The molecule has 2 N–H and O–H groups in total. The molecule has 53 heavy (non-hydrogen) atoms. The molecule has 312 valence electrons. The van der Waals surface area contributed by atoms with Gasteiger partial charge in [0.05, 0.1) is 131 Å². The largest absolute Gasteiger partial charge is 0.489 e. The van der Waals surface area contributed by atoms with E-state index in [1.54, 1.807) is 6.07 Å². The van der Waals surface area contributed by atoms with Crippen LogP contribution in [-0.2, 0) is 47.4 Å². The second-order valence-electron chi connectivity index (χ2n) is 12.8. The van der Waals surface area contributed by atoms with E-state index in [0.717, 1.165) is 13.0 Å². The number of anilines is 1. The molecule has 0 amide bonds.